The average molecular weight is 278 g/mol. The molecule has 1 rings (SSSR count). The highest BCUT2D eigenvalue weighted by Crippen LogP contribution is 2.19. The van der Waals surface area contributed by atoms with Crippen LogP contribution in [0.2, 0.25) is 0 Å². The van der Waals surface area contributed by atoms with Gasteiger partial charge >= 0.3 is 0 Å². The van der Waals surface area contributed by atoms with Crippen molar-refractivity contribution in [2.75, 3.05) is 5.75 Å². The summed E-state index contributed by atoms with van der Waals surface area (Å²) in [7, 11) is 0. The zero-order valence-corrected chi connectivity index (χ0v) is 10.4. The number of rotatable bonds is 4. The lowest BCUT2D eigenvalue weighted by Gasteiger charge is -2.05. The number of halogens is 2. The van der Waals surface area contributed by atoms with Crippen LogP contribution in [0.4, 0.5) is 4.39 Å². The summed E-state index contributed by atoms with van der Waals surface area (Å²) in [6.45, 7) is 1.97. The van der Waals surface area contributed by atoms with Gasteiger partial charge in [0.05, 0.1) is 0 Å². The second-order valence-corrected chi connectivity index (χ2v) is 5.22. The standard InChI is InChI=1S/C10H13BrFNS/c1-7(13)5-14-6-8-2-9(11)4-10(12)3-8/h2-4,7H,5-6,13H2,1H3. The average Bonchev–Trinajstić information content (AvgIpc) is 2.01. The zero-order valence-electron chi connectivity index (χ0n) is 7.97. The molecule has 1 unspecified atom stereocenters. The molecule has 4 heteroatoms. The molecule has 1 aromatic rings. The van der Waals surface area contributed by atoms with Crippen LogP contribution in [0.1, 0.15) is 12.5 Å². The smallest absolute Gasteiger partial charge is 0.124 e. The molecule has 14 heavy (non-hydrogen) atoms. The molecule has 0 heterocycles. The van der Waals surface area contributed by atoms with Gasteiger partial charge < -0.3 is 5.73 Å². The van der Waals surface area contributed by atoms with Crippen molar-refractivity contribution in [1.82, 2.24) is 0 Å². The van der Waals surface area contributed by atoms with Gasteiger partial charge in [-0.15, -0.1) is 0 Å². The first-order valence-electron chi connectivity index (χ1n) is 4.36. The molecule has 0 saturated carbocycles. The van der Waals surface area contributed by atoms with Gasteiger partial charge in [-0.2, -0.15) is 11.8 Å². The van der Waals surface area contributed by atoms with E-state index in [1.165, 1.54) is 6.07 Å². The van der Waals surface area contributed by atoms with Gasteiger partial charge in [0.1, 0.15) is 5.82 Å². The summed E-state index contributed by atoms with van der Waals surface area (Å²) < 4.78 is 13.7. The fraction of sp³-hybridized carbons (Fsp3) is 0.400. The molecule has 0 aliphatic heterocycles. The Morgan fingerprint density at radius 1 is 1.50 bits per heavy atom. The van der Waals surface area contributed by atoms with E-state index in [2.05, 4.69) is 15.9 Å². The lowest BCUT2D eigenvalue weighted by Crippen LogP contribution is -2.17. The maximum Gasteiger partial charge on any atom is 0.124 e. The third-order valence-electron chi connectivity index (χ3n) is 1.57. The molecule has 0 aromatic heterocycles. The van der Waals surface area contributed by atoms with Crippen LogP contribution >= 0.6 is 27.7 Å². The second-order valence-electron chi connectivity index (χ2n) is 3.27. The van der Waals surface area contributed by atoms with E-state index < -0.39 is 0 Å². The molecule has 0 saturated heterocycles. The van der Waals surface area contributed by atoms with Gasteiger partial charge in [0.15, 0.2) is 0 Å². The van der Waals surface area contributed by atoms with E-state index in [-0.39, 0.29) is 11.9 Å². The monoisotopic (exact) mass is 277 g/mol. The Kier molecular flexibility index (Phi) is 4.92. The van der Waals surface area contributed by atoms with E-state index in [1.807, 2.05) is 13.0 Å². The Morgan fingerprint density at radius 2 is 2.21 bits per heavy atom. The van der Waals surface area contributed by atoms with Gasteiger partial charge in [0.2, 0.25) is 0 Å². The van der Waals surface area contributed by atoms with Crippen LogP contribution in [0.3, 0.4) is 0 Å². The highest BCUT2D eigenvalue weighted by Gasteiger charge is 2.00. The summed E-state index contributed by atoms with van der Waals surface area (Å²) in [4.78, 5) is 0. The summed E-state index contributed by atoms with van der Waals surface area (Å²) in [5.74, 6) is 1.50. The highest BCUT2D eigenvalue weighted by atomic mass is 79.9. The minimum Gasteiger partial charge on any atom is -0.327 e. The molecule has 0 spiro atoms. The minimum atomic E-state index is -0.198. The molecule has 0 aliphatic rings. The van der Waals surface area contributed by atoms with Crippen LogP contribution in [0, 0.1) is 5.82 Å². The molecule has 0 amide bonds. The minimum absolute atomic E-state index is 0.192. The molecule has 2 N–H and O–H groups in total. The van der Waals surface area contributed by atoms with Crippen molar-refractivity contribution in [3.63, 3.8) is 0 Å². The number of hydrogen-bond acceptors (Lipinski definition) is 2. The molecule has 1 aromatic carbocycles. The Bertz CT molecular complexity index is 284. The van der Waals surface area contributed by atoms with Crippen LogP contribution in [0.5, 0.6) is 0 Å². The molecule has 0 fully saturated rings. The maximum absolute atomic E-state index is 12.9. The Labute approximate surface area is 96.4 Å². The summed E-state index contributed by atoms with van der Waals surface area (Å²) in [6, 6.07) is 5.13. The van der Waals surface area contributed by atoms with Crippen LogP contribution in [-0.4, -0.2) is 11.8 Å². The van der Waals surface area contributed by atoms with E-state index in [9.17, 15) is 4.39 Å². The number of benzene rings is 1. The Balaban J connectivity index is 2.50. The topological polar surface area (TPSA) is 26.0 Å². The quantitative estimate of drug-likeness (QED) is 0.915. The van der Waals surface area contributed by atoms with Crippen molar-refractivity contribution in [2.24, 2.45) is 5.73 Å². The fourth-order valence-electron chi connectivity index (χ4n) is 1.06. The molecule has 1 nitrogen and oxygen atoms in total. The van der Waals surface area contributed by atoms with Crippen LogP contribution in [0.25, 0.3) is 0 Å². The normalized spacial score (nSPS) is 12.9. The summed E-state index contributed by atoms with van der Waals surface area (Å²) in [6.07, 6.45) is 0. The van der Waals surface area contributed by atoms with Gasteiger partial charge in [-0.25, -0.2) is 4.39 Å². The lowest BCUT2D eigenvalue weighted by atomic mass is 10.2. The van der Waals surface area contributed by atoms with E-state index >= 15 is 0 Å². The maximum atomic E-state index is 12.9. The third kappa shape index (κ3) is 4.44. The first-order valence-corrected chi connectivity index (χ1v) is 6.31. The van der Waals surface area contributed by atoms with Crippen molar-refractivity contribution >= 4 is 27.7 Å². The van der Waals surface area contributed by atoms with Crippen LogP contribution in [0.15, 0.2) is 22.7 Å². The Morgan fingerprint density at radius 3 is 2.79 bits per heavy atom. The fourth-order valence-corrected chi connectivity index (χ4v) is 2.46. The molecular formula is C10H13BrFNS. The van der Waals surface area contributed by atoms with Crippen molar-refractivity contribution in [3.05, 3.63) is 34.1 Å². The number of nitrogens with two attached hydrogens (primary N) is 1. The van der Waals surface area contributed by atoms with Crippen molar-refractivity contribution in [2.45, 2.75) is 18.7 Å². The van der Waals surface area contributed by atoms with Gasteiger partial charge in [0.25, 0.3) is 0 Å². The summed E-state index contributed by atoms with van der Waals surface area (Å²) in [5, 5.41) is 0. The lowest BCUT2D eigenvalue weighted by molar-refractivity contribution is 0.625. The molecule has 0 radical (unpaired) electrons. The van der Waals surface area contributed by atoms with E-state index in [1.54, 1.807) is 17.8 Å². The predicted molar refractivity (Wildman–Crippen MR) is 63.9 cm³/mol. The first-order chi connectivity index (χ1) is 6.58. The summed E-state index contributed by atoms with van der Waals surface area (Å²) in [5.41, 5.74) is 6.60. The molecule has 1 atom stereocenters. The molecule has 0 aliphatic carbocycles. The molecule has 0 bridgehead atoms. The Hall–Kier alpha value is -0.0600. The number of hydrogen-bond donors (Lipinski definition) is 1. The molecule has 78 valence electrons. The van der Waals surface area contributed by atoms with E-state index in [4.69, 9.17) is 5.73 Å². The summed E-state index contributed by atoms with van der Waals surface area (Å²) >= 11 is 4.98. The van der Waals surface area contributed by atoms with Crippen LogP contribution in [-0.2, 0) is 5.75 Å². The van der Waals surface area contributed by atoms with Gasteiger partial charge in [-0.05, 0) is 30.7 Å². The SMILES string of the molecule is CC(N)CSCc1cc(F)cc(Br)c1. The van der Waals surface area contributed by atoms with Crippen molar-refractivity contribution < 1.29 is 4.39 Å². The second kappa shape index (κ2) is 5.73. The van der Waals surface area contributed by atoms with Crippen LogP contribution < -0.4 is 5.73 Å². The predicted octanol–water partition coefficient (Wildman–Crippen LogP) is 3.17. The number of thioether (sulfide) groups is 1. The largest absolute Gasteiger partial charge is 0.327 e. The first kappa shape index (κ1) is 12.0. The van der Waals surface area contributed by atoms with E-state index in [0.29, 0.717) is 0 Å². The zero-order chi connectivity index (χ0) is 10.6. The molecular weight excluding hydrogens is 265 g/mol. The van der Waals surface area contributed by atoms with Gasteiger partial charge in [0, 0.05) is 22.0 Å². The third-order valence-corrected chi connectivity index (χ3v) is 3.33. The van der Waals surface area contributed by atoms with E-state index in [0.717, 1.165) is 21.5 Å². The highest BCUT2D eigenvalue weighted by molar-refractivity contribution is 9.10. The van der Waals surface area contributed by atoms with Gasteiger partial charge in [-0.3, -0.25) is 0 Å². The van der Waals surface area contributed by atoms with Crippen molar-refractivity contribution in [1.29, 1.82) is 0 Å². The van der Waals surface area contributed by atoms with Gasteiger partial charge in [-0.1, -0.05) is 15.9 Å². The van der Waals surface area contributed by atoms with Crippen molar-refractivity contribution in [3.8, 4) is 0 Å².